The van der Waals surface area contributed by atoms with Gasteiger partial charge in [-0.1, -0.05) is 29.3 Å². The minimum atomic E-state index is -0.265. The van der Waals surface area contributed by atoms with Gasteiger partial charge in [0.05, 0.1) is 29.4 Å². The van der Waals surface area contributed by atoms with Crippen molar-refractivity contribution in [2.75, 3.05) is 17.2 Å². The number of carbonyl (C=O) groups excluding carboxylic acids is 2. The van der Waals surface area contributed by atoms with Gasteiger partial charge in [0.15, 0.2) is 0 Å². The lowest BCUT2D eigenvalue weighted by Crippen LogP contribution is -2.24. The number of amides is 2. The van der Waals surface area contributed by atoms with Crippen molar-refractivity contribution >= 4 is 46.4 Å². The van der Waals surface area contributed by atoms with Gasteiger partial charge in [-0.15, -0.1) is 0 Å². The molecule has 2 aromatic carbocycles. The van der Waals surface area contributed by atoms with Crippen LogP contribution in [0.4, 0.5) is 11.4 Å². The Hall–Kier alpha value is -2.96. The van der Waals surface area contributed by atoms with E-state index >= 15 is 0 Å². The summed E-state index contributed by atoms with van der Waals surface area (Å²) in [5.74, 6) is 0.131. The molecule has 6 nitrogen and oxygen atoms in total. The van der Waals surface area contributed by atoms with Gasteiger partial charge in [-0.25, -0.2) is 0 Å². The van der Waals surface area contributed by atoms with E-state index < -0.39 is 0 Å². The van der Waals surface area contributed by atoms with Crippen LogP contribution < -0.4 is 16.0 Å². The average molecular weight is 418 g/mol. The molecule has 0 atom stereocenters. The van der Waals surface area contributed by atoms with Crippen molar-refractivity contribution in [1.82, 2.24) is 5.32 Å². The molecule has 0 bridgehead atoms. The normalized spacial score (nSPS) is 10.4. The van der Waals surface area contributed by atoms with E-state index in [0.717, 1.165) is 0 Å². The molecule has 28 heavy (non-hydrogen) atoms. The highest BCUT2D eigenvalue weighted by molar-refractivity contribution is 6.42. The number of hydrogen-bond acceptors (Lipinski definition) is 4. The van der Waals surface area contributed by atoms with Crippen LogP contribution in [0.25, 0.3) is 0 Å². The Kier molecular flexibility index (Phi) is 6.57. The highest BCUT2D eigenvalue weighted by Crippen LogP contribution is 2.24. The maximum atomic E-state index is 12.2. The van der Waals surface area contributed by atoms with Gasteiger partial charge in [0.1, 0.15) is 5.76 Å². The van der Waals surface area contributed by atoms with Gasteiger partial charge in [-0.2, -0.15) is 0 Å². The first-order valence-electron chi connectivity index (χ1n) is 8.40. The molecule has 1 aromatic heterocycles. The number of benzene rings is 2. The zero-order valence-electron chi connectivity index (χ0n) is 14.7. The number of anilines is 2. The summed E-state index contributed by atoms with van der Waals surface area (Å²) >= 11 is 11.8. The summed E-state index contributed by atoms with van der Waals surface area (Å²) in [4.78, 5) is 24.4. The molecule has 0 spiro atoms. The molecule has 8 heteroatoms. The van der Waals surface area contributed by atoms with E-state index in [1.54, 1.807) is 60.9 Å². The monoisotopic (exact) mass is 417 g/mol. The van der Waals surface area contributed by atoms with Crippen LogP contribution in [-0.4, -0.2) is 18.4 Å². The Bertz CT molecular complexity index is 975. The quantitative estimate of drug-likeness (QED) is 0.525. The Labute approximate surface area is 171 Å². The molecule has 3 aromatic rings. The highest BCUT2D eigenvalue weighted by atomic mass is 35.5. The van der Waals surface area contributed by atoms with Gasteiger partial charge >= 0.3 is 0 Å². The molecular formula is C20H17Cl2N3O3. The minimum Gasteiger partial charge on any atom is -0.467 e. The molecule has 0 aliphatic rings. The predicted molar refractivity (Wildman–Crippen MR) is 110 cm³/mol. The second-order valence-corrected chi connectivity index (χ2v) is 6.69. The molecule has 0 fully saturated rings. The Morgan fingerprint density at radius 1 is 0.929 bits per heavy atom. The van der Waals surface area contributed by atoms with E-state index in [-0.39, 0.29) is 24.9 Å². The number of rotatable bonds is 7. The van der Waals surface area contributed by atoms with Gasteiger partial charge in [0.2, 0.25) is 5.91 Å². The third-order valence-corrected chi connectivity index (χ3v) is 4.52. The van der Waals surface area contributed by atoms with Crippen molar-refractivity contribution in [3.8, 4) is 0 Å². The van der Waals surface area contributed by atoms with Crippen LogP contribution in [-0.2, 0) is 11.3 Å². The second-order valence-electron chi connectivity index (χ2n) is 5.87. The number of furan rings is 1. The number of carbonyl (C=O) groups is 2. The van der Waals surface area contributed by atoms with Crippen molar-refractivity contribution < 1.29 is 14.0 Å². The van der Waals surface area contributed by atoms with Crippen molar-refractivity contribution in [1.29, 1.82) is 0 Å². The maximum Gasteiger partial charge on any atom is 0.251 e. The molecule has 0 unspecified atom stereocenters. The van der Waals surface area contributed by atoms with E-state index in [1.165, 1.54) is 0 Å². The van der Waals surface area contributed by atoms with Crippen LogP contribution in [0.15, 0.2) is 65.3 Å². The third kappa shape index (κ3) is 5.52. The summed E-state index contributed by atoms with van der Waals surface area (Å²) in [6, 6.07) is 15.2. The molecule has 3 N–H and O–H groups in total. The van der Waals surface area contributed by atoms with Crippen LogP contribution in [0.2, 0.25) is 10.0 Å². The fourth-order valence-electron chi connectivity index (χ4n) is 2.41. The van der Waals surface area contributed by atoms with Crippen LogP contribution in [0, 0.1) is 0 Å². The fraction of sp³-hybridized carbons (Fsp3) is 0.100. The first-order chi connectivity index (χ1) is 13.5. The summed E-state index contributed by atoms with van der Waals surface area (Å²) < 4.78 is 5.18. The summed E-state index contributed by atoms with van der Waals surface area (Å²) in [5, 5.41) is 9.31. The maximum absolute atomic E-state index is 12.2. The summed E-state index contributed by atoms with van der Waals surface area (Å²) in [6.45, 7) is 0.322. The molecule has 1 heterocycles. The Morgan fingerprint density at radius 3 is 2.54 bits per heavy atom. The topological polar surface area (TPSA) is 83.4 Å². The van der Waals surface area contributed by atoms with Crippen molar-refractivity contribution in [2.45, 2.75) is 6.54 Å². The molecule has 3 rings (SSSR count). The smallest absolute Gasteiger partial charge is 0.251 e. The van der Waals surface area contributed by atoms with E-state index in [0.29, 0.717) is 32.7 Å². The van der Waals surface area contributed by atoms with Crippen LogP contribution >= 0.6 is 23.2 Å². The molecule has 2 amide bonds. The zero-order valence-corrected chi connectivity index (χ0v) is 16.2. The summed E-state index contributed by atoms with van der Waals surface area (Å²) in [5.41, 5.74) is 1.63. The molecule has 144 valence electrons. The van der Waals surface area contributed by atoms with Crippen LogP contribution in [0.3, 0.4) is 0 Å². The van der Waals surface area contributed by atoms with Crippen molar-refractivity contribution in [3.05, 3.63) is 82.2 Å². The van der Waals surface area contributed by atoms with Crippen molar-refractivity contribution in [2.24, 2.45) is 0 Å². The minimum absolute atomic E-state index is 0.0346. The fourth-order valence-corrected chi connectivity index (χ4v) is 2.71. The van der Waals surface area contributed by atoms with Crippen molar-refractivity contribution in [3.63, 3.8) is 0 Å². The Morgan fingerprint density at radius 2 is 1.79 bits per heavy atom. The first kappa shape index (κ1) is 19.8. The van der Waals surface area contributed by atoms with E-state index in [4.69, 9.17) is 27.6 Å². The van der Waals surface area contributed by atoms with Crippen LogP contribution in [0.5, 0.6) is 0 Å². The molecule has 0 radical (unpaired) electrons. The van der Waals surface area contributed by atoms with Gasteiger partial charge in [-0.3, -0.25) is 9.59 Å². The van der Waals surface area contributed by atoms with Gasteiger partial charge in [-0.05, 0) is 48.5 Å². The SMILES string of the molecule is O=C(CNc1ccc(Cl)c(Cl)c1)Nc1cccc(C(=O)NCc2ccco2)c1. The lowest BCUT2D eigenvalue weighted by atomic mass is 10.2. The van der Waals surface area contributed by atoms with Crippen LogP contribution in [0.1, 0.15) is 16.1 Å². The molecule has 0 aliphatic heterocycles. The Balaban J connectivity index is 1.53. The molecule has 0 saturated carbocycles. The lowest BCUT2D eigenvalue weighted by Gasteiger charge is -2.10. The molecule has 0 aliphatic carbocycles. The average Bonchev–Trinajstić information content (AvgIpc) is 3.21. The number of nitrogens with one attached hydrogen (secondary N) is 3. The summed E-state index contributed by atoms with van der Waals surface area (Å²) in [6.07, 6.45) is 1.55. The largest absolute Gasteiger partial charge is 0.467 e. The summed E-state index contributed by atoms with van der Waals surface area (Å²) in [7, 11) is 0. The van der Waals surface area contributed by atoms with E-state index in [2.05, 4.69) is 16.0 Å². The van der Waals surface area contributed by atoms with Gasteiger partial charge in [0.25, 0.3) is 5.91 Å². The third-order valence-electron chi connectivity index (χ3n) is 3.78. The predicted octanol–water partition coefficient (Wildman–Crippen LogP) is 4.57. The standard InChI is InChI=1S/C20H17Cl2N3O3/c21-17-7-6-14(10-18(17)22)23-12-19(26)25-15-4-1-3-13(9-15)20(27)24-11-16-5-2-8-28-16/h1-10,23H,11-12H2,(H,24,27)(H,25,26). The van der Waals surface area contributed by atoms with Gasteiger partial charge < -0.3 is 20.4 Å². The van der Waals surface area contributed by atoms with Gasteiger partial charge in [0, 0.05) is 16.9 Å². The number of hydrogen-bond donors (Lipinski definition) is 3. The number of halogens is 2. The molecular weight excluding hydrogens is 401 g/mol. The van der Waals surface area contributed by atoms with E-state index in [1.807, 2.05) is 0 Å². The first-order valence-corrected chi connectivity index (χ1v) is 9.16. The van der Waals surface area contributed by atoms with E-state index in [9.17, 15) is 9.59 Å². The second kappa shape index (κ2) is 9.30. The lowest BCUT2D eigenvalue weighted by molar-refractivity contribution is -0.114. The zero-order chi connectivity index (χ0) is 19.9. The molecule has 0 saturated heterocycles. The highest BCUT2D eigenvalue weighted by Gasteiger charge is 2.09.